The van der Waals surface area contributed by atoms with Crippen LogP contribution >= 0.6 is 11.8 Å². The van der Waals surface area contributed by atoms with Crippen LogP contribution in [0.15, 0.2) is 59.5 Å². The van der Waals surface area contributed by atoms with Crippen LogP contribution in [0.4, 0.5) is 4.39 Å². The number of nitrogens with two attached hydrogens (primary N) is 1. The van der Waals surface area contributed by atoms with Crippen molar-refractivity contribution in [3.05, 3.63) is 66.0 Å². The Labute approximate surface area is 105 Å². The van der Waals surface area contributed by atoms with Crippen LogP contribution in [0, 0.1) is 5.82 Å². The van der Waals surface area contributed by atoms with Crippen LogP contribution < -0.4 is 5.73 Å². The molecule has 2 N–H and O–H groups in total. The van der Waals surface area contributed by atoms with Crippen LogP contribution in [-0.2, 0) is 0 Å². The van der Waals surface area contributed by atoms with E-state index in [1.165, 1.54) is 6.07 Å². The van der Waals surface area contributed by atoms with Crippen LogP contribution in [0.5, 0.6) is 0 Å². The molecule has 2 aromatic carbocycles. The molecule has 0 saturated heterocycles. The lowest BCUT2D eigenvalue weighted by atomic mass is 10.1. The van der Waals surface area contributed by atoms with Crippen molar-refractivity contribution in [1.82, 2.24) is 0 Å². The molecule has 0 heterocycles. The second-order valence-corrected chi connectivity index (χ2v) is 4.85. The Balaban J connectivity index is 1.99. The van der Waals surface area contributed by atoms with E-state index in [0.717, 1.165) is 4.90 Å². The quantitative estimate of drug-likeness (QED) is 0.835. The Morgan fingerprint density at radius 3 is 2.35 bits per heavy atom. The summed E-state index contributed by atoms with van der Waals surface area (Å²) in [5, 5.41) is 0. The minimum absolute atomic E-state index is 0.228. The van der Waals surface area contributed by atoms with Crippen LogP contribution in [0.2, 0.25) is 0 Å². The molecule has 2 rings (SSSR count). The predicted octanol–water partition coefficient (Wildman–Crippen LogP) is 3.62. The lowest BCUT2D eigenvalue weighted by molar-refractivity contribution is 0.595. The molecule has 2 aromatic rings. The molecular formula is C14H14FNS. The zero-order valence-electron chi connectivity index (χ0n) is 9.34. The summed E-state index contributed by atoms with van der Waals surface area (Å²) >= 11 is 1.64. The molecule has 17 heavy (non-hydrogen) atoms. The third-order valence-electron chi connectivity index (χ3n) is 2.48. The van der Waals surface area contributed by atoms with Gasteiger partial charge in [0.15, 0.2) is 0 Å². The standard InChI is InChI=1S/C14H14FNS/c15-13-9-5-4-8-12(13)14(16)10-17-11-6-2-1-3-7-11/h1-9,14H,10,16H2. The van der Waals surface area contributed by atoms with E-state index in [-0.39, 0.29) is 11.9 Å². The largest absolute Gasteiger partial charge is 0.323 e. The maximum atomic E-state index is 13.5. The van der Waals surface area contributed by atoms with E-state index in [1.54, 1.807) is 23.9 Å². The molecule has 0 fully saturated rings. The summed E-state index contributed by atoms with van der Waals surface area (Å²) < 4.78 is 13.5. The van der Waals surface area contributed by atoms with E-state index >= 15 is 0 Å². The van der Waals surface area contributed by atoms with E-state index in [2.05, 4.69) is 0 Å². The van der Waals surface area contributed by atoms with Gasteiger partial charge in [-0.3, -0.25) is 0 Å². The molecular weight excluding hydrogens is 233 g/mol. The Hall–Kier alpha value is -1.32. The maximum absolute atomic E-state index is 13.5. The van der Waals surface area contributed by atoms with Gasteiger partial charge in [-0.25, -0.2) is 4.39 Å². The molecule has 0 bridgehead atoms. The number of benzene rings is 2. The summed E-state index contributed by atoms with van der Waals surface area (Å²) in [6.45, 7) is 0. The molecule has 0 saturated carbocycles. The van der Waals surface area contributed by atoms with Crippen molar-refractivity contribution < 1.29 is 4.39 Å². The summed E-state index contributed by atoms with van der Waals surface area (Å²) in [4.78, 5) is 1.15. The van der Waals surface area contributed by atoms with Gasteiger partial charge < -0.3 is 5.73 Å². The SMILES string of the molecule is NC(CSc1ccccc1)c1ccccc1F. The fraction of sp³-hybridized carbons (Fsp3) is 0.143. The van der Waals surface area contributed by atoms with Crippen molar-refractivity contribution in [2.45, 2.75) is 10.9 Å². The van der Waals surface area contributed by atoms with Gasteiger partial charge in [-0.1, -0.05) is 36.4 Å². The Kier molecular flexibility index (Phi) is 4.18. The fourth-order valence-corrected chi connectivity index (χ4v) is 2.47. The molecule has 1 unspecified atom stereocenters. The molecule has 0 aliphatic carbocycles. The highest BCUT2D eigenvalue weighted by atomic mass is 32.2. The van der Waals surface area contributed by atoms with Gasteiger partial charge in [0.25, 0.3) is 0 Å². The zero-order valence-corrected chi connectivity index (χ0v) is 10.2. The highest BCUT2D eigenvalue weighted by molar-refractivity contribution is 7.99. The average molecular weight is 247 g/mol. The van der Waals surface area contributed by atoms with Gasteiger partial charge in [0, 0.05) is 22.3 Å². The molecule has 0 aliphatic rings. The lowest BCUT2D eigenvalue weighted by Crippen LogP contribution is -2.14. The first-order chi connectivity index (χ1) is 8.27. The van der Waals surface area contributed by atoms with Crippen LogP contribution in [0.3, 0.4) is 0 Å². The lowest BCUT2D eigenvalue weighted by Gasteiger charge is -2.12. The van der Waals surface area contributed by atoms with Crippen molar-refractivity contribution in [3.8, 4) is 0 Å². The minimum atomic E-state index is -0.276. The van der Waals surface area contributed by atoms with Gasteiger partial charge in [0.2, 0.25) is 0 Å². The third-order valence-corrected chi connectivity index (χ3v) is 3.61. The van der Waals surface area contributed by atoms with Crippen molar-refractivity contribution in [2.24, 2.45) is 5.73 Å². The summed E-state index contributed by atoms with van der Waals surface area (Å²) in [6.07, 6.45) is 0. The molecule has 3 heteroatoms. The molecule has 0 amide bonds. The van der Waals surface area contributed by atoms with Gasteiger partial charge in [-0.05, 0) is 18.2 Å². The average Bonchev–Trinajstić information content (AvgIpc) is 2.38. The van der Waals surface area contributed by atoms with Crippen LogP contribution in [0.1, 0.15) is 11.6 Å². The van der Waals surface area contributed by atoms with Gasteiger partial charge in [0.05, 0.1) is 0 Å². The summed E-state index contributed by atoms with van der Waals surface area (Å²) in [6, 6.07) is 16.4. The van der Waals surface area contributed by atoms with E-state index in [9.17, 15) is 4.39 Å². The maximum Gasteiger partial charge on any atom is 0.128 e. The molecule has 0 aromatic heterocycles. The van der Waals surface area contributed by atoms with Gasteiger partial charge >= 0.3 is 0 Å². The topological polar surface area (TPSA) is 26.0 Å². The highest BCUT2D eigenvalue weighted by Gasteiger charge is 2.10. The summed E-state index contributed by atoms with van der Waals surface area (Å²) in [5.41, 5.74) is 6.56. The number of halogens is 1. The number of hydrogen-bond acceptors (Lipinski definition) is 2. The van der Waals surface area contributed by atoms with Crippen molar-refractivity contribution in [3.63, 3.8) is 0 Å². The second-order valence-electron chi connectivity index (χ2n) is 3.75. The number of rotatable bonds is 4. The Morgan fingerprint density at radius 2 is 1.65 bits per heavy atom. The number of hydrogen-bond donors (Lipinski definition) is 1. The first kappa shape index (κ1) is 12.1. The Morgan fingerprint density at radius 1 is 1.00 bits per heavy atom. The van der Waals surface area contributed by atoms with Crippen molar-refractivity contribution in [1.29, 1.82) is 0 Å². The van der Waals surface area contributed by atoms with E-state index in [4.69, 9.17) is 5.73 Å². The molecule has 1 nitrogen and oxygen atoms in total. The fourth-order valence-electron chi connectivity index (χ4n) is 1.57. The van der Waals surface area contributed by atoms with E-state index in [0.29, 0.717) is 11.3 Å². The van der Waals surface area contributed by atoms with E-state index in [1.807, 2.05) is 36.4 Å². The highest BCUT2D eigenvalue weighted by Crippen LogP contribution is 2.24. The predicted molar refractivity (Wildman–Crippen MR) is 70.5 cm³/mol. The van der Waals surface area contributed by atoms with Crippen molar-refractivity contribution >= 4 is 11.8 Å². The van der Waals surface area contributed by atoms with E-state index < -0.39 is 0 Å². The third kappa shape index (κ3) is 3.32. The summed E-state index contributed by atoms with van der Waals surface area (Å²) in [7, 11) is 0. The van der Waals surface area contributed by atoms with Crippen LogP contribution in [0.25, 0.3) is 0 Å². The Bertz CT molecular complexity index is 473. The van der Waals surface area contributed by atoms with Crippen LogP contribution in [-0.4, -0.2) is 5.75 Å². The normalized spacial score (nSPS) is 12.4. The second kappa shape index (κ2) is 5.84. The first-order valence-corrected chi connectivity index (χ1v) is 6.44. The minimum Gasteiger partial charge on any atom is -0.323 e. The van der Waals surface area contributed by atoms with Gasteiger partial charge in [-0.2, -0.15) is 0 Å². The first-order valence-electron chi connectivity index (χ1n) is 5.45. The van der Waals surface area contributed by atoms with Gasteiger partial charge in [0.1, 0.15) is 5.82 Å². The molecule has 88 valence electrons. The molecule has 0 radical (unpaired) electrons. The smallest absolute Gasteiger partial charge is 0.128 e. The summed E-state index contributed by atoms with van der Waals surface area (Å²) in [5.74, 6) is 0.443. The molecule has 1 atom stereocenters. The molecule has 0 aliphatic heterocycles. The number of thioether (sulfide) groups is 1. The van der Waals surface area contributed by atoms with Crippen molar-refractivity contribution in [2.75, 3.05) is 5.75 Å². The van der Waals surface area contributed by atoms with Gasteiger partial charge in [-0.15, -0.1) is 11.8 Å². The zero-order chi connectivity index (χ0) is 12.1. The monoisotopic (exact) mass is 247 g/mol. The molecule has 0 spiro atoms.